The lowest BCUT2D eigenvalue weighted by atomic mass is 10.1. The van der Waals surface area contributed by atoms with E-state index in [0.29, 0.717) is 11.3 Å². The van der Waals surface area contributed by atoms with Crippen molar-refractivity contribution in [2.45, 2.75) is 31.6 Å². The first-order valence-electron chi connectivity index (χ1n) is 10.1. The van der Waals surface area contributed by atoms with Crippen LogP contribution >= 0.6 is 0 Å². The lowest BCUT2D eigenvalue weighted by Crippen LogP contribution is -2.25. The molecule has 14 heteroatoms. The van der Waals surface area contributed by atoms with E-state index in [2.05, 4.69) is 35.3 Å². The summed E-state index contributed by atoms with van der Waals surface area (Å²) >= 11 is 0. The largest absolute Gasteiger partial charge is 0.493 e. The standard InChI is InChI=1S/C20H16F4N8O2/c21-14-9(2-1-3-12(14)20(22,23)24)7-25-17-29-15-10(6-13-16(33)30-19(34)28-13)8-26-32(15)18(31-17)27-11-4-5-11/h1-3,6,8,11,33H,4-5,7H2,(H,25,27,31)(H2,28,30,34). The zero-order valence-corrected chi connectivity index (χ0v) is 17.2. The van der Waals surface area contributed by atoms with E-state index in [1.807, 2.05) is 0 Å². The van der Waals surface area contributed by atoms with Gasteiger partial charge < -0.3 is 15.4 Å². The average Bonchev–Trinajstić information content (AvgIpc) is 3.40. The Morgan fingerprint density at radius 3 is 2.74 bits per heavy atom. The van der Waals surface area contributed by atoms with Crippen molar-refractivity contribution in [2.75, 3.05) is 5.32 Å². The maximum absolute atomic E-state index is 14.4. The van der Waals surface area contributed by atoms with Crippen LogP contribution in [0.25, 0.3) is 11.7 Å². The van der Waals surface area contributed by atoms with E-state index < -0.39 is 23.2 Å². The van der Waals surface area contributed by atoms with Crippen LogP contribution in [0.1, 0.15) is 29.7 Å². The Labute approximate surface area is 186 Å². The Morgan fingerprint density at radius 1 is 1.26 bits per heavy atom. The quantitative estimate of drug-likeness (QED) is 0.320. The van der Waals surface area contributed by atoms with Crippen molar-refractivity contribution in [1.29, 1.82) is 0 Å². The van der Waals surface area contributed by atoms with Crippen molar-refractivity contribution in [3.63, 3.8) is 0 Å². The average molecular weight is 476 g/mol. The molecule has 1 aromatic carbocycles. The van der Waals surface area contributed by atoms with Gasteiger partial charge in [-0.25, -0.2) is 14.2 Å². The molecule has 0 spiro atoms. The number of alkyl halides is 3. The van der Waals surface area contributed by atoms with Gasteiger partial charge in [0.1, 0.15) is 11.5 Å². The van der Waals surface area contributed by atoms with Crippen LogP contribution in [0.4, 0.5) is 23.5 Å². The Bertz CT molecular complexity index is 1570. The summed E-state index contributed by atoms with van der Waals surface area (Å²) in [4.78, 5) is 29.1. The summed E-state index contributed by atoms with van der Waals surface area (Å²) in [5, 5.41) is 17.2. The van der Waals surface area contributed by atoms with Gasteiger partial charge in [-0.2, -0.15) is 32.8 Å². The van der Waals surface area contributed by atoms with Crippen LogP contribution in [0.3, 0.4) is 0 Å². The first-order valence-corrected chi connectivity index (χ1v) is 10.1. The number of aromatic nitrogens is 6. The second-order valence-electron chi connectivity index (χ2n) is 7.66. The molecule has 4 N–H and O–H groups in total. The second-order valence-corrected chi connectivity index (χ2v) is 7.66. The molecule has 0 radical (unpaired) electrons. The van der Waals surface area contributed by atoms with Crippen LogP contribution in [0.5, 0.6) is 5.88 Å². The van der Waals surface area contributed by atoms with Crippen LogP contribution in [0, 0.1) is 5.82 Å². The summed E-state index contributed by atoms with van der Waals surface area (Å²) in [5.74, 6) is -1.76. The van der Waals surface area contributed by atoms with E-state index in [4.69, 9.17) is 0 Å². The monoisotopic (exact) mass is 476 g/mol. The number of aromatic amines is 2. The summed E-state index contributed by atoms with van der Waals surface area (Å²) in [6.07, 6.45) is -0.208. The minimum Gasteiger partial charge on any atom is -0.493 e. The summed E-state index contributed by atoms with van der Waals surface area (Å²) in [6.45, 7) is -0.312. The zero-order chi connectivity index (χ0) is 24.0. The van der Waals surface area contributed by atoms with Gasteiger partial charge in [0.25, 0.3) is 5.62 Å². The Hall–Kier alpha value is -4.23. The minimum atomic E-state index is -4.82. The molecule has 3 aromatic heterocycles. The molecule has 0 aliphatic heterocycles. The van der Waals surface area contributed by atoms with E-state index >= 15 is 0 Å². The van der Waals surface area contributed by atoms with Gasteiger partial charge in [-0.15, -0.1) is 0 Å². The van der Waals surface area contributed by atoms with E-state index in [1.54, 1.807) is 0 Å². The first-order chi connectivity index (χ1) is 16.2. The SMILES string of the molecule is O=c1[nH]c(O)c(C=c2cnn3c(=NC4CC4)nc(NCc4cccc(C(F)(F)F)c4F)nc23)[nH]1. The molecule has 1 aliphatic rings. The molecule has 3 heterocycles. The Balaban J connectivity index is 1.56. The number of benzene rings is 1. The van der Waals surface area contributed by atoms with Gasteiger partial charge in [-0.3, -0.25) is 4.98 Å². The van der Waals surface area contributed by atoms with E-state index in [-0.39, 0.29) is 46.9 Å². The molecule has 0 bridgehead atoms. The van der Waals surface area contributed by atoms with E-state index in [1.165, 1.54) is 22.9 Å². The molecular formula is C20H16F4N8O2. The minimum absolute atomic E-state index is 0.00866. The maximum Gasteiger partial charge on any atom is 0.419 e. The number of halogens is 4. The van der Waals surface area contributed by atoms with Crippen molar-refractivity contribution in [3.8, 4) is 5.88 Å². The number of nitrogens with zero attached hydrogens (tertiary/aromatic N) is 5. The molecule has 34 heavy (non-hydrogen) atoms. The fourth-order valence-electron chi connectivity index (χ4n) is 3.27. The Morgan fingerprint density at radius 2 is 2.06 bits per heavy atom. The Kier molecular flexibility index (Phi) is 5.06. The van der Waals surface area contributed by atoms with Crippen molar-refractivity contribution in [2.24, 2.45) is 4.99 Å². The predicted octanol–water partition coefficient (Wildman–Crippen LogP) is 1.23. The molecule has 10 nitrogen and oxygen atoms in total. The van der Waals surface area contributed by atoms with Crippen LogP contribution < -0.4 is 21.8 Å². The summed E-state index contributed by atoms with van der Waals surface area (Å²) in [6, 6.07) is 3.08. The number of hydrogen-bond acceptors (Lipinski definition) is 7. The lowest BCUT2D eigenvalue weighted by molar-refractivity contribution is -0.140. The summed E-state index contributed by atoms with van der Waals surface area (Å²) < 4.78 is 54.8. The van der Waals surface area contributed by atoms with Crippen molar-refractivity contribution in [3.05, 3.63) is 68.4 Å². The number of fused-ring (bicyclic) bond motifs is 1. The van der Waals surface area contributed by atoms with Crippen LogP contribution in [-0.4, -0.2) is 40.7 Å². The number of aromatic hydroxyl groups is 1. The molecule has 4 aromatic rings. The molecule has 0 amide bonds. The molecule has 1 fully saturated rings. The van der Waals surface area contributed by atoms with Gasteiger partial charge in [-0.1, -0.05) is 12.1 Å². The highest BCUT2D eigenvalue weighted by atomic mass is 19.4. The van der Waals surface area contributed by atoms with E-state index in [9.17, 15) is 27.5 Å². The fourth-order valence-corrected chi connectivity index (χ4v) is 3.27. The molecule has 1 saturated carbocycles. The number of hydrogen-bond donors (Lipinski definition) is 4. The molecule has 1 aliphatic carbocycles. The fraction of sp³-hybridized carbons (Fsp3) is 0.250. The van der Waals surface area contributed by atoms with Crippen molar-refractivity contribution >= 4 is 17.7 Å². The van der Waals surface area contributed by atoms with Crippen LogP contribution in [0.2, 0.25) is 0 Å². The van der Waals surface area contributed by atoms with Crippen molar-refractivity contribution in [1.82, 2.24) is 29.5 Å². The smallest absolute Gasteiger partial charge is 0.419 e. The number of H-pyrrole nitrogens is 2. The lowest BCUT2D eigenvalue weighted by Gasteiger charge is -2.11. The van der Waals surface area contributed by atoms with E-state index in [0.717, 1.165) is 18.9 Å². The van der Waals surface area contributed by atoms with Gasteiger partial charge in [0.05, 0.1) is 17.8 Å². The highest BCUT2D eigenvalue weighted by molar-refractivity contribution is 5.57. The third-order valence-corrected chi connectivity index (χ3v) is 5.08. The topological polar surface area (TPSA) is 136 Å². The summed E-state index contributed by atoms with van der Waals surface area (Å²) in [7, 11) is 0. The number of rotatable bonds is 5. The molecule has 0 atom stereocenters. The predicted molar refractivity (Wildman–Crippen MR) is 110 cm³/mol. The van der Waals surface area contributed by atoms with Gasteiger partial charge in [-0.05, 0) is 25.0 Å². The third kappa shape index (κ3) is 4.21. The van der Waals surface area contributed by atoms with Gasteiger partial charge in [0, 0.05) is 17.3 Å². The normalized spacial score (nSPS) is 15.4. The highest BCUT2D eigenvalue weighted by Gasteiger charge is 2.34. The van der Waals surface area contributed by atoms with Gasteiger partial charge >= 0.3 is 11.9 Å². The summed E-state index contributed by atoms with van der Waals surface area (Å²) in [5.41, 5.74) is -1.63. The maximum atomic E-state index is 14.4. The van der Waals surface area contributed by atoms with Gasteiger partial charge in [0.15, 0.2) is 5.65 Å². The zero-order valence-electron chi connectivity index (χ0n) is 17.2. The van der Waals surface area contributed by atoms with Crippen LogP contribution in [0.15, 0.2) is 34.2 Å². The first kappa shape index (κ1) is 21.6. The molecule has 0 saturated heterocycles. The molecule has 176 valence electrons. The number of imidazole rings is 1. The molecule has 0 unspecified atom stereocenters. The second kappa shape index (κ2) is 7.97. The van der Waals surface area contributed by atoms with Crippen LogP contribution in [-0.2, 0) is 12.7 Å². The molecule has 5 rings (SSSR count). The number of anilines is 1. The number of nitrogens with one attached hydrogen (secondary N) is 3. The van der Waals surface area contributed by atoms with Crippen molar-refractivity contribution < 1.29 is 22.7 Å². The molecular weight excluding hydrogens is 460 g/mol. The third-order valence-electron chi connectivity index (χ3n) is 5.08. The van der Waals surface area contributed by atoms with Gasteiger partial charge in [0.2, 0.25) is 11.8 Å². The highest BCUT2D eigenvalue weighted by Crippen LogP contribution is 2.32.